The first-order valence-corrected chi connectivity index (χ1v) is 6.91. The van der Waals surface area contributed by atoms with E-state index in [1.807, 2.05) is 0 Å². The Bertz CT molecular complexity index is 688. The van der Waals surface area contributed by atoms with Crippen LogP contribution in [-0.2, 0) is 13.0 Å². The van der Waals surface area contributed by atoms with Crippen molar-refractivity contribution in [3.63, 3.8) is 0 Å². The maximum atomic E-state index is 13.3. The summed E-state index contributed by atoms with van der Waals surface area (Å²) in [7, 11) is 0. The smallest absolute Gasteiger partial charge is 0.274 e. The third kappa shape index (κ3) is 2.72. The molecule has 4 nitrogen and oxygen atoms in total. The predicted molar refractivity (Wildman–Crippen MR) is 78.9 cm³/mol. The first kappa shape index (κ1) is 13.5. The highest BCUT2D eigenvalue weighted by Gasteiger charge is 2.20. The minimum Gasteiger partial charge on any atom is -0.367 e. The second kappa shape index (κ2) is 5.52. The molecule has 0 atom stereocenters. The van der Waals surface area contributed by atoms with Crippen LogP contribution in [0.5, 0.6) is 0 Å². The monoisotopic (exact) mass is 286 g/mol. The zero-order valence-electron chi connectivity index (χ0n) is 11.5. The summed E-state index contributed by atoms with van der Waals surface area (Å²) < 4.78 is 13.3. The van der Waals surface area contributed by atoms with Crippen LogP contribution in [0.15, 0.2) is 42.5 Å². The molecule has 0 spiro atoms. The van der Waals surface area contributed by atoms with E-state index in [-0.39, 0.29) is 16.4 Å². The number of benzene rings is 2. The number of para-hydroxylation sites is 1. The summed E-state index contributed by atoms with van der Waals surface area (Å²) in [5, 5.41) is 11.1. The summed E-state index contributed by atoms with van der Waals surface area (Å²) in [6.45, 7) is 1.29. The van der Waals surface area contributed by atoms with Gasteiger partial charge >= 0.3 is 0 Å². The molecule has 0 bridgehead atoms. The van der Waals surface area contributed by atoms with Crippen LogP contribution in [0, 0.1) is 15.9 Å². The number of nitrogens with zero attached hydrogens (tertiary/aromatic N) is 2. The van der Waals surface area contributed by atoms with Gasteiger partial charge in [-0.3, -0.25) is 10.1 Å². The fraction of sp³-hybridized carbons (Fsp3) is 0.250. The molecule has 21 heavy (non-hydrogen) atoms. The van der Waals surface area contributed by atoms with E-state index in [0.717, 1.165) is 30.6 Å². The number of hydrogen-bond acceptors (Lipinski definition) is 3. The molecule has 0 saturated carbocycles. The van der Waals surface area contributed by atoms with E-state index >= 15 is 0 Å². The molecule has 0 aromatic heterocycles. The molecule has 5 heteroatoms. The minimum absolute atomic E-state index is 0.131. The average Bonchev–Trinajstić information content (AvgIpc) is 2.47. The van der Waals surface area contributed by atoms with Gasteiger partial charge in [-0.15, -0.1) is 0 Å². The zero-order valence-corrected chi connectivity index (χ0v) is 11.5. The van der Waals surface area contributed by atoms with Gasteiger partial charge in [0.1, 0.15) is 5.82 Å². The molecule has 0 radical (unpaired) electrons. The van der Waals surface area contributed by atoms with Crippen LogP contribution < -0.4 is 4.90 Å². The summed E-state index contributed by atoms with van der Waals surface area (Å²) in [5.41, 5.74) is 2.76. The van der Waals surface area contributed by atoms with Crippen LogP contribution in [-0.4, -0.2) is 11.5 Å². The van der Waals surface area contributed by atoms with Crippen LogP contribution in [0.4, 0.5) is 15.8 Å². The van der Waals surface area contributed by atoms with E-state index in [4.69, 9.17) is 0 Å². The van der Waals surface area contributed by atoms with E-state index in [1.165, 1.54) is 12.1 Å². The van der Waals surface area contributed by atoms with Crippen LogP contribution >= 0.6 is 0 Å². The van der Waals surface area contributed by atoms with Gasteiger partial charge in [0.2, 0.25) is 0 Å². The lowest BCUT2D eigenvalue weighted by Gasteiger charge is -2.31. The SMILES string of the molecule is O=[N+]([O-])c1ccccc1CN1CCCc2cc(F)ccc21. The van der Waals surface area contributed by atoms with Crippen molar-refractivity contribution < 1.29 is 9.31 Å². The van der Waals surface area contributed by atoms with Crippen molar-refractivity contribution in [1.29, 1.82) is 0 Å². The van der Waals surface area contributed by atoms with Gasteiger partial charge in [-0.1, -0.05) is 18.2 Å². The Morgan fingerprint density at radius 3 is 2.86 bits per heavy atom. The summed E-state index contributed by atoms with van der Waals surface area (Å²) >= 11 is 0. The van der Waals surface area contributed by atoms with Crippen molar-refractivity contribution in [3.05, 3.63) is 69.5 Å². The van der Waals surface area contributed by atoms with Crippen LogP contribution in [0.2, 0.25) is 0 Å². The number of halogens is 1. The number of rotatable bonds is 3. The molecule has 2 aromatic carbocycles. The fourth-order valence-corrected chi connectivity index (χ4v) is 2.84. The Balaban J connectivity index is 1.92. The number of nitro groups is 1. The van der Waals surface area contributed by atoms with Gasteiger partial charge in [-0.2, -0.15) is 0 Å². The molecular weight excluding hydrogens is 271 g/mol. The molecule has 0 N–H and O–H groups in total. The number of anilines is 1. The third-order valence-corrected chi connectivity index (χ3v) is 3.81. The number of hydrogen-bond donors (Lipinski definition) is 0. The Kier molecular flexibility index (Phi) is 3.56. The number of fused-ring (bicyclic) bond motifs is 1. The van der Waals surface area contributed by atoms with Crippen LogP contribution in [0.25, 0.3) is 0 Å². The van der Waals surface area contributed by atoms with Crippen molar-refractivity contribution in [2.75, 3.05) is 11.4 Å². The Morgan fingerprint density at radius 2 is 2.05 bits per heavy atom. The van der Waals surface area contributed by atoms with Crippen molar-refractivity contribution in [1.82, 2.24) is 0 Å². The van der Waals surface area contributed by atoms with E-state index in [2.05, 4.69) is 4.90 Å². The molecule has 1 aliphatic rings. The Labute approximate surface area is 122 Å². The maximum absolute atomic E-state index is 13.3. The van der Waals surface area contributed by atoms with Crippen molar-refractivity contribution in [2.24, 2.45) is 0 Å². The first-order valence-electron chi connectivity index (χ1n) is 6.91. The van der Waals surface area contributed by atoms with Gasteiger partial charge in [0.15, 0.2) is 0 Å². The van der Waals surface area contributed by atoms with Gasteiger partial charge in [0.25, 0.3) is 5.69 Å². The summed E-state index contributed by atoms with van der Waals surface area (Å²) in [6.07, 6.45) is 1.78. The molecule has 0 fully saturated rings. The highest BCUT2D eigenvalue weighted by Crippen LogP contribution is 2.30. The lowest BCUT2D eigenvalue weighted by Crippen LogP contribution is -2.29. The molecule has 2 aromatic rings. The summed E-state index contributed by atoms with van der Waals surface area (Å²) in [4.78, 5) is 12.8. The summed E-state index contributed by atoms with van der Waals surface area (Å²) in [5.74, 6) is -0.235. The normalized spacial score (nSPS) is 13.9. The van der Waals surface area contributed by atoms with Gasteiger partial charge < -0.3 is 4.90 Å². The Hall–Kier alpha value is -2.43. The quantitative estimate of drug-likeness (QED) is 0.638. The maximum Gasteiger partial charge on any atom is 0.274 e. The molecule has 1 heterocycles. The third-order valence-electron chi connectivity index (χ3n) is 3.81. The molecule has 1 aliphatic heterocycles. The topological polar surface area (TPSA) is 46.4 Å². The fourth-order valence-electron chi connectivity index (χ4n) is 2.84. The summed E-state index contributed by atoms with van der Waals surface area (Å²) in [6, 6.07) is 11.5. The molecule has 108 valence electrons. The number of aryl methyl sites for hydroxylation is 1. The molecule has 0 amide bonds. The minimum atomic E-state index is -0.356. The van der Waals surface area contributed by atoms with Gasteiger partial charge in [-0.05, 0) is 36.6 Å². The van der Waals surface area contributed by atoms with Gasteiger partial charge in [0.05, 0.1) is 4.92 Å². The highest BCUT2D eigenvalue weighted by molar-refractivity contribution is 5.57. The van der Waals surface area contributed by atoms with Crippen molar-refractivity contribution >= 4 is 11.4 Å². The van der Waals surface area contributed by atoms with Crippen LogP contribution in [0.3, 0.4) is 0 Å². The van der Waals surface area contributed by atoms with E-state index in [1.54, 1.807) is 30.3 Å². The van der Waals surface area contributed by atoms with E-state index < -0.39 is 0 Å². The number of nitro benzene ring substituents is 1. The van der Waals surface area contributed by atoms with Crippen LogP contribution in [0.1, 0.15) is 17.5 Å². The lowest BCUT2D eigenvalue weighted by molar-refractivity contribution is -0.385. The molecule has 0 unspecified atom stereocenters. The first-order chi connectivity index (χ1) is 10.1. The molecule has 3 rings (SSSR count). The van der Waals surface area contributed by atoms with Gasteiger partial charge in [-0.25, -0.2) is 4.39 Å². The lowest BCUT2D eigenvalue weighted by atomic mass is 10.0. The average molecular weight is 286 g/mol. The Morgan fingerprint density at radius 1 is 1.24 bits per heavy atom. The predicted octanol–water partition coefficient (Wildman–Crippen LogP) is 3.69. The highest BCUT2D eigenvalue weighted by atomic mass is 19.1. The van der Waals surface area contributed by atoms with Gasteiger partial charge in [0, 0.05) is 30.4 Å². The standard InChI is InChI=1S/C16H15FN2O2/c17-14-7-8-15-12(10-14)5-3-9-18(15)11-13-4-1-2-6-16(13)19(20)21/h1-2,4,6-8,10H,3,5,9,11H2. The van der Waals surface area contributed by atoms with Crippen molar-refractivity contribution in [3.8, 4) is 0 Å². The molecular formula is C16H15FN2O2. The van der Waals surface area contributed by atoms with E-state index in [9.17, 15) is 14.5 Å². The van der Waals surface area contributed by atoms with E-state index in [0.29, 0.717) is 12.1 Å². The second-order valence-electron chi connectivity index (χ2n) is 5.18. The van der Waals surface area contributed by atoms with Crippen molar-refractivity contribution in [2.45, 2.75) is 19.4 Å². The largest absolute Gasteiger partial charge is 0.367 e. The zero-order chi connectivity index (χ0) is 14.8. The molecule has 0 aliphatic carbocycles. The second-order valence-corrected chi connectivity index (χ2v) is 5.18. The molecule has 0 saturated heterocycles.